The molecule has 0 aliphatic carbocycles. The topological polar surface area (TPSA) is 56.5 Å². The molecule has 4 aromatic rings. The second kappa shape index (κ2) is 8.67. The average molecular weight is 424 g/mol. The Morgan fingerprint density at radius 3 is 2.22 bits per heavy atom. The largest absolute Gasteiger partial charge is 0.452 e. The first-order chi connectivity index (χ1) is 15.3. The summed E-state index contributed by atoms with van der Waals surface area (Å²) < 4.78 is 11.6. The van der Waals surface area contributed by atoms with E-state index in [2.05, 4.69) is 20.8 Å². The minimum atomic E-state index is -0.649. The number of hydrogen-bond acceptors (Lipinski definition) is 4. The normalized spacial score (nSPS) is 11.7. The minimum Gasteiger partial charge on any atom is -0.452 e. The number of para-hydroxylation sites is 1. The summed E-state index contributed by atoms with van der Waals surface area (Å²) in [7, 11) is 0. The number of hydrogen-bond donors (Lipinski definition) is 0. The second-order valence-corrected chi connectivity index (χ2v) is 8.58. The van der Waals surface area contributed by atoms with Gasteiger partial charge >= 0.3 is 5.97 Å². The Balaban J connectivity index is 1.77. The van der Waals surface area contributed by atoms with Crippen molar-refractivity contribution in [2.75, 3.05) is 0 Å². The lowest BCUT2D eigenvalue weighted by molar-refractivity contribution is -0.129. The maximum Gasteiger partial charge on any atom is 0.336 e. The number of fused-ring (bicyclic) bond motifs is 1. The van der Waals surface area contributed by atoms with Gasteiger partial charge in [-0.3, -0.25) is 4.79 Å². The van der Waals surface area contributed by atoms with Crippen LogP contribution >= 0.6 is 0 Å². The molecule has 0 saturated heterocycles. The third-order valence-electron chi connectivity index (χ3n) is 5.18. The van der Waals surface area contributed by atoms with Crippen molar-refractivity contribution in [3.05, 3.63) is 106 Å². The molecule has 1 aromatic heterocycles. The lowest BCUT2D eigenvalue weighted by Gasteiger charge is -2.19. The summed E-state index contributed by atoms with van der Waals surface area (Å²) in [5.74, 6) is -0.533. The highest BCUT2D eigenvalue weighted by Gasteiger charge is 2.21. The van der Waals surface area contributed by atoms with Crippen LogP contribution in [0.1, 0.15) is 31.9 Å². The van der Waals surface area contributed by atoms with Crippen LogP contribution in [0.25, 0.3) is 28.4 Å². The lowest BCUT2D eigenvalue weighted by Crippen LogP contribution is -2.14. The van der Waals surface area contributed by atoms with Crippen LogP contribution in [-0.2, 0) is 10.2 Å². The fourth-order valence-electron chi connectivity index (χ4n) is 3.39. The molecule has 0 radical (unpaired) electrons. The van der Waals surface area contributed by atoms with Crippen molar-refractivity contribution >= 4 is 23.0 Å². The molecule has 32 heavy (non-hydrogen) atoms. The number of esters is 1. The molecule has 0 N–H and O–H groups in total. The van der Waals surface area contributed by atoms with Crippen LogP contribution in [0, 0.1) is 0 Å². The van der Waals surface area contributed by atoms with E-state index in [0.717, 1.165) is 11.1 Å². The van der Waals surface area contributed by atoms with Crippen molar-refractivity contribution in [1.82, 2.24) is 0 Å². The van der Waals surface area contributed by atoms with E-state index in [1.54, 1.807) is 30.3 Å². The van der Waals surface area contributed by atoms with Crippen molar-refractivity contribution in [3.63, 3.8) is 0 Å². The van der Waals surface area contributed by atoms with Gasteiger partial charge in [-0.25, -0.2) is 4.79 Å². The lowest BCUT2D eigenvalue weighted by atomic mass is 9.86. The molecule has 0 atom stereocenters. The summed E-state index contributed by atoms with van der Waals surface area (Å²) in [5.41, 5.74) is 2.70. The molecule has 4 rings (SSSR count). The van der Waals surface area contributed by atoms with Gasteiger partial charge in [-0.05, 0) is 34.8 Å². The average Bonchev–Trinajstić information content (AvgIpc) is 2.80. The van der Waals surface area contributed by atoms with Gasteiger partial charge in [0.2, 0.25) is 11.2 Å². The van der Waals surface area contributed by atoms with Crippen molar-refractivity contribution in [2.45, 2.75) is 26.2 Å². The van der Waals surface area contributed by atoms with Crippen LogP contribution in [-0.4, -0.2) is 5.97 Å². The molecule has 0 aliphatic rings. The predicted octanol–water partition coefficient (Wildman–Crippen LogP) is 6.38. The van der Waals surface area contributed by atoms with Gasteiger partial charge in [-0.2, -0.15) is 0 Å². The molecule has 4 nitrogen and oxygen atoms in total. The highest BCUT2D eigenvalue weighted by molar-refractivity contribution is 5.91. The molecule has 0 unspecified atom stereocenters. The smallest absolute Gasteiger partial charge is 0.336 e. The van der Waals surface area contributed by atoms with E-state index in [1.165, 1.54) is 6.08 Å². The number of rotatable bonds is 4. The van der Waals surface area contributed by atoms with E-state index >= 15 is 0 Å². The Labute approximate surface area is 186 Å². The van der Waals surface area contributed by atoms with Crippen LogP contribution in [0.4, 0.5) is 0 Å². The van der Waals surface area contributed by atoms with E-state index < -0.39 is 5.97 Å². The van der Waals surface area contributed by atoms with Gasteiger partial charge in [0.25, 0.3) is 0 Å². The number of carbonyl (C=O) groups is 1. The quantitative estimate of drug-likeness (QED) is 0.282. The van der Waals surface area contributed by atoms with E-state index in [1.807, 2.05) is 54.6 Å². The second-order valence-electron chi connectivity index (χ2n) is 8.58. The van der Waals surface area contributed by atoms with E-state index in [-0.39, 0.29) is 22.4 Å². The number of carbonyl (C=O) groups excluding carboxylic acids is 1. The summed E-state index contributed by atoms with van der Waals surface area (Å²) in [6.07, 6.45) is 2.94. The van der Waals surface area contributed by atoms with Crippen LogP contribution in [0.15, 0.2) is 94.2 Å². The van der Waals surface area contributed by atoms with Gasteiger partial charge in [-0.15, -0.1) is 0 Å². The summed E-state index contributed by atoms with van der Waals surface area (Å²) >= 11 is 0. The first kappa shape index (κ1) is 21.3. The van der Waals surface area contributed by atoms with Gasteiger partial charge in [0.05, 0.1) is 5.39 Å². The van der Waals surface area contributed by atoms with Crippen molar-refractivity contribution in [1.29, 1.82) is 0 Å². The molecule has 0 aliphatic heterocycles. The first-order valence-corrected chi connectivity index (χ1v) is 10.4. The summed E-state index contributed by atoms with van der Waals surface area (Å²) in [5, 5.41) is 0.359. The van der Waals surface area contributed by atoms with Crippen molar-refractivity contribution < 1.29 is 13.9 Å². The van der Waals surface area contributed by atoms with Gasteiger partial charge in [0.1, 0.15) is 5.58 Å². The molecular weight excluding hydrogens is 400 g/mol. The fraction of sp³-hybridized carbons (Fsp3) is 0.143. The third-order valence-corrected chi connectivity index (χ3v) is 5.18. The fourth-order valence-corrected chi connectivity index (χ4v) is 3.39. The molecule has 4 heteroatoms. The van der Waals surface area contributed by atoms with Crippen molar-refractivity contribution in [2.24, 2.45) is 0 Å². The highest BCUT2D eigenvalue weighted by Crippen LogP contribution is 2.32. The molecule has 0 bridgehead atoms. The van der Waals surface area contributed by atoms with Gasteiger partial charge in [-0.1, -0.05) is 87.5 Å². The highest BCUT2D eigenvalue weighted by atomic mass is 16.5. The van der Waals surface area contributed by atoms with Gasteiger partial charge in [0.15, 0.2) is 5.76 Å². The molecule has 0 fully saturated rings. The Hall–Kier alpha value is -3.92. The van der Waals surface area contributed by atoms with Crippen LogP contribution in [0.3, 0.4) is 0 Å². The monoisotopic (exact) mass is 424 g/mol. The molecule has 0 amide bonds. The molecule has 3 aromatic carbocycles. The Morgan fingerprint density at radius 1 is 0.875 bits per heavy atom. The van der Waals surface area contributed by atoms with Crippen LogP contribution < -0.4 is 10.2 Å². The first-order valence-electron chi connectivity index (χ1n) is 10.4. The summed E-state index contributed by atoms with van der Waals surface area (Å²) in [4.78, 5) is 25.8. The molecule has 0 saturated carbocycles. The zero-order valence-corrected chi connectivity index (χ0v) is 18.3. The van der Waals surface area contributed by atoms with Gasteiger partial charge in [0, 0.05) is 11.6 Å². The molecule has 160 valence electrons. The SMILES string of the molecule is CC(C)(C)c1ccc(-c2oc3ccccc3c(=O)c2OC(=O)C=Cc2ccccc2)cc1. The van der Waals surface area contributed by atoms with Crippen molar-refractivity contribution in [3.8, 4) is 17.1 Å². The van der Waals surface area contributed by atoms with E-state index in [0.29, 0.717) is 16.5 Å². The number of ether oxygens (including phenoxy) is 1. The minimum absolute atomic E-state index is 0.0136. The Morgan fingerprint density at radius 2 is 1.53 bits per heavy atom. The third kappa shape index (κ3) is 4.54. The predicted molar refractivity (Wildman–Crippen MR) is 128 cm³/mol. The molecular formula is C28H24O4. The molecule has 1 heterocycles. The zero-order chi connectivity index (χ0) is 22.7. The number of benzene rings is 3. The standard InChI is InChI=1S/C28H24O4/c1-28(2,3)21-16-14-20(15-17-21)26-27(25(30)22-11-7-8-12-23(22)31-26)32-24(29)18-13-19-9-5-4-6-10-19/h4-18H,1-3H3. The van der Waals surface area contributed by atoms with Crippen LogP contribution in [0.5, 0.6) is 5.75 Å². The van der Waals surface area contributed by atoms with Crippen LogP contribution in [0.2, 0.25) is 0 Å². The van der Waals surface area contributed by atoms with E-state index in [4.69, 9.17) is 9.15 Å². The van der Waals surface area contributed by atoms with Gasteiger partial charge < -0.3 is 9.15 Å². The summed E-state index contributed by atoms with van der Waals surface area (Å²) in [6, 6.07) is 24.1. The zero-order valence-electron chi connectivity index (χ0n) is 18.3. The molecule has 0 spiro atoms. The Bertz CT molecular complexity index is 1340. The van der Waals surface area contributed by atoms with E-state index in [9.17, 15) is 9.59 Å². The maximum atomic E-state index is 13.2. The Kier molecular flexibility index (Phi) is 5.78. The maximum absolute atomic E-state index is 13.2. The summed E-state index contributed by atoms with van der Waals surface area (Å²) in [6.45, 7) is 6.39.